The van der Waals surface area contributed by atoms with Gasteiger partial charge in [-0.2, -0.15) is 0 Å². The lowest BCUT2D eigenvalue weighted by molar-refractivity contribution is -0.115. The molecule has 0 aliphatic rings. The average molecular weight is 421 g/mol. The van der Waals surface area contributed by atoms with E-state index in [1.807, 2.05) is 43.3 Å². The monoisotopic (exact) mass is 420 g/mol. The number of amides is 2. The molecule has 2 aromatic rings. The van der Waals surface area contributed by atoms with Crippen LogP contribution in [0.3, 0.4) is 0 Å². The Morgan fingerprint density at radius 1 is 1.16 bits per heavy atom. The zero-order valence-electron chi connectivity index (χ0n) is 14.4. The first-order chi connectivity index (χ1) is 11.9. The molecular weight excluding hydrogens is 400 g/mol. The molecule has 0 aliphatic carbocycles. The van der Waals surface area contributed by atoms with Gasteiger partial charge in [-0.1, -0.05) is 41.9 Å². The molecule has 2 aromatic carbocycles. The maximum Gasteiger partial charge on any atom is 0.252 e. The Morgan fingerprint density at radius 3 is 2.56 bits per heavy atom. The van der Waals surface area contributed by atoms with Crippen LogP contribution in [0.5, 0.6) is 0 Å². The topological polar surface area (TPSA) is 58.2 Å². The molecule has 0 saturated carbocycles. The second-order valence-corrected chi connectivity index (χ2v) is 8.39. The highest BCUT2D eigenvalue weighted by Crippen LogP contribution is 2.26. The van der Waals surface area contributed by atoms with Crippen LogP contribution in [0.2, 0.25) is 0 Å². The molecule has 0 saturated heterocycles. The second-order valence-electron chi connectivity index (χ2n) is 5.85. The van der Waals surface area contributed by atoms with E-state index in [0.29, 0.717) is 10.8 Å². The van der Waals surface area contributed by atoms with Crippen molar-refractivity contribution in [3.63, 3.8) is 0 Å². The zero-order valence-corrected chi connectivity index (χ0v) is 16.8. The maximum absolute atomic E-state index is 12.4. The van der Waals surface area contributed by atoms with Gasteiger partial charge in [-0.3, -0.25) is 9.59 Å². The summed E-state index contributed by atoms with van der Waals surface area (Å²) < 4.78 is 0.954. The predicted octanol–water partition coefficient (Wildman–Crippen LogP) is 4.63. The number of hydrogen-bond acceptors (Lipinski definition) is 3. The van der Waals surface area contributed by atoms with Crippen LogP contribution >= 0.6 is 27.7 Å². The molecule has 0 bridgehead atoms. The van der Waals surface area contributed by atoms with Gasteiger partial charge >= 0.3 is 0 Å². The lowest BCUT2D eigenvalue weighted by atomic mass is 10.2. The van der Waals surface area contributed by atoms with Gasteiger partial charge in [0.15, 0.2) is 0 Å². The van der Waals surface area contributed by atoms with E-state index in [2.05, 4.69) is 40.4 Å². The zero-order chi connectivity index (χ0) is 18.4. The fourth-order valence-electron chi connectivity index (χ4n) is 2.23. The third-order valence-electron chi connectivity index (χ3n) is 3.37. The van der Waals surface area contributed by atoms with Crippen molar-refractivity contribution in [3.05, 3.63) is 58.1 Å². The first-order valence-corrected chi connectivity index (χ1v) is 9.64. The van der Waals surface area contributed by atoms with Crippen molar-refractivity contribution in [1.29, 1.82) is 0 Å². The molecule has 0 aliphatic heterocycles. The van der Waals surface area contributed by atoms with Gasteiger partial charge in [-0.25, -0.2) is 0 Å². The molecule has 2 amide bonds. The van der Waals surface area contributed by atoms with Crippen LogP contribution in [0.15, 0.2) is 51.8 Å². The lowest BCUT2D eigenvalue weighted by Crippen LogP contribution is -2.33. The summed E-state index contributed by atoms with van der Waals surface area (Å²) in [6.45, 7) is 5.99. The summed E-state index contributed by atoms with van der Waals surface area (Å²) in [5.41, 5.74) is 2.28. The molecular formula is C19H21BrN2O2S. The first kappa shape index (κ1) is 19.5. The fourth-order valence-corrected chi connectivity index (χ4v) is 3.66. The maximum atomic E-state index is 12.4. The van der Waals surface area contributed by atoms with Crippen LogP contribution in [-0.4, -0.2) is 23.6 Å². The molecule has 2 N–H and O–H groups in total. The highest BCUT2D eigenvalue weighted by molar-refractivity contribution is 9.10. The number of rotatable bonds is 6. The van der Waals surface area contributed by atoms with E-state index in [-0.39, 0.29) is 18.4 Å². The van der Waals surface area contributed by atoms with Gasteiger partial charge in [0.05, 0.1) is 12.1 Å². The van der Waals surface area contributed by atoms with Gasteiger partial charge < -0.3 is 10.6 Å². The minimum absolute atomic E-state index is 0.0744. The molecule has 0 fully saturated rings. The van der Waals surface area contributed by atoms with Crippen molar-refractivity contribution in [3.8, 4) is 0 Å². The Labute approximate surface area is 160 Å². The number of halogens is 1. The average Bonchev–Trinajstić information content (AvgIpc) is 2.55. The van der Waals surface area contributed by atoms with Crippen LogP contribution in [0, 0.1) is 6.92 Å². The molecule has 0 aromatic heterocycles. The Kier molecular flexibility index (Phi) is 7.08. The number of aryl methyl sites for hydroxylation is 1. The van der Waals surface area contributed by atoms with Crippen molar-refractivity contribution in [2.24, 2.45) is 0 Å². The van der Waals surface area contributed by atoms with Crippen LogP contribution in [0.1, 0.15) is 29.8 Å². The molecule has 4 nitrogen and oxygen atoms in total. The molecule has 0 radical (unpaired) electrons. The summed E-state index contributed by atoms with van der Waals surface area (Å²) in [5, 5.41) is 5.87. The molecule has 0 unspecified atom stereocenters. The Balaban J connectivity index is 1.97. The summed E-state index contributed by atoms with van der Waals surface area (Å²) >= 11 is 5.02. The quantitative estimate of drug-likeness (QED) is 0.669. The van der Waals surface area contributed by atoms with E-state index >= 15 is 0 Å². The number of thioether (sulfide) groups is 1. The standard InChI is InChI=1S/C19H21BrN2O2S/c1-12(2)25-17-7-5-4-6-15(17)19(24)21-11-18(23)22-16-9-8-14(20)10-13(16)3/h4-10,12H,11H2,1-3H3,(H,21,24)(H,22,23). The van der Waals surface area contributed by atoms with E-state index < -0.39 is 0 Å². The summed E-state index contributed by atoms with van der Waals surface area (Å²) in [4.78, 5) is 25.4. The number of nitrogens with one attached hydrogen (secondary N) is 2. The van der Waals surface area contributed by atoms with Gasteiger partial charge in [0, 0.05) is 20.3 Å². The van der Waals surface area contributed by atoms with Crippen molar-refractivity contribution < 1.29 is 9.59 Å². The minimum atomic E-state index is -0.257. The highest BCUT2D eigenvalue weighted by Gasteiger charge is 2.14. The number of carbonyl (C=O) groups is 2. The summed E-state index contributed by atoms with van der Waals surface area (Å²) in [5.74, 6) is -0.501. The van der Waals surface area contributed by atoms with Crippen molar-refractivity contribution in [2.75, 3.05) is 11.9 Å². The van der Waals surface area contributed by atoms with E-state index in [1.54, 1.807) is 17.8 Å². The Hall–Kier alpha value is -1.79. The summed E-state index contributed by atoms with van der Waals surface area (Å²) in [6, 6.07) is 13.0. The van der Waals surface area contributed by atoms with E-state index in [0.717, 1.165) is 20.6 Å². The van der Waals surface area contributed by atoms with E-state index in [9.17, 15) is 9.59 Å². The normalized spacial score (nSPS) is 10.6. The largest absolute Gasteiger partial charge is 0.343 e. The summed E-state index contributed by atoms with van der Waals surface area (Å²) in [7, 11) is 0. The number of carbonyl (C=O) groups excluding carboxylic acids is 2. The Bertz CT molecular complexity index is 778. The Morgan fingerprint density at radius 2 is 1.88 bits per heavy atom. The third-order valence-corrected chi connectivity index (χ3v) is 4.94. The van der Waals surface area contributed by atoms with Crippen LogP contribution < -0.4 is 10.6 Å². The molecule has 0 atom stereocenters. The van der Waals surface area contributed by atoms with Crippen molar-refractivity contribution in [2.45, 2.75) is 30.9 Å². The van der Waals surface area contributed by atoms with Gasteiger partial charge in [0.2, 0.25) is 5.91 Å². The van der Waals surface area contributed by atoms with Crippen LogP contribution in [-0.2, 0) is 4.79 Å². The first-order valence-electron chi connectivity index (χ1n) is 7.96. The van der Waals surface area contributed by atoms with E-state index in [1.165, 1.54) is 0 Å². The van der Waals surface area contributed by atoms with Crippen LogP contribution in [0.4, 0.5) is 5.69 Å². The number of anilines is 1. The molecule has 0 heterocycles. The van der Waals surface area contributed by atoms with Crippen molar-refractivity contribution >= 4 is 45.2 Å². The fraction of sp³-hybridized carbons (Fsp3) is 0.263. The number of hydrogen-bond donors (Lipinski definition) is 2. The SMILES string of the molecule is Cc1cc(Br)ccc1NC(=O)CNC(=O)c1ccccc1SC(C)C. The molecule has 6 heteroatoms. The van der Waals surface area contributed by atoms with Gasteiger partial charge in [0.25, 0.3) is 5.91 Å². The van der Waals surface area contributed by atoms with E-state index in [4.69, 9.17) is 0 Å². The lowest BCUT2D eigenvalue weighted by Gasteiger charge is -2.12. The van der Waals surface area contributed by atoms with Crippen LogP contribution in [0.25, 0.3) is 0 Å². The molecule has 2 rings (SSSR count). The molecule has 0 spiro atoms. The highest BCUT2D eigenvalue weighted by atomic mass is 79.9. The van der Waals surface area contributed by atoms with Gasteiger partial charge in [-0.15, -0.1) is 11.8 Å². The van der Waals surface area contributed by atoms with Gasteiger partial charge in [-0.05, 0) is 42.8 Å². The smallest absolute Gasteiger partial charge is 0.252 e. The minimum Gasteiger partial charge on any atom is -0.343 e. The number of benzene rings is 2. The molecule has 132 valence electrons. The molecule has 25 heavy (non-hydrogen) atoms. The summed E-state index contributed by atoms with van der Waals surface area (Å²) in [6.07, 6.45) is 0. The predicted molar refractivity (Wildman–Crippen MR) is 107 cm³/mol. The van der Waals surface area contributed by atoms with Gasteiger partial charge in [0.1, 0.15) is 0 Å². The third kappa shape index (κ3) is 5.90. The second kappa shape index (κ2) is 9.06. The van der Waals surface area contributed by atoms with Crippen molar-refractivity contribution in [1.82, 2.24) is 5.32 Å².